The summed E-state index contributed by atoms with van der Waals surface area (Å²) in [5.74, 6) is 1.96. The molecular formula is C29H28N2O5. The molecule has 0 saturated carbocycles. The van der Waals surface area contributed by atoms with Gasteiger partial charge in [-0.1, -0.05) is 42.5 Å². The maximum absolute atomic E-state index is 13.9. The second kappa shape index (κ2) is 9.70. The molecule has 0 fully saturated rings. The molecule has 1 N–H and O–H groups in total. The van der Waals surface area contributed by atoms with Gasteiger partial charge >= 0.3 is 0 Å². The summed E-state index contributed by atoms with van der Waals surface area (Å²) in [4.78, 5) is 13.9. The predicted octanol–water partition coefficient (Wildman–Crippen LogP) is 6.07. The topological polar surface area (TPSA) is 74.9 Å². The van der Waals surface area contributed by atoms with Crippen LogP contribution in [0.2, 0.25) is 0 Å². The minimum atomic E-state index is -0.119. The Hall–Kier alpha value is -4.39. The van der Waals surface area contributed by atoms with Gasteiger partial charge in [-0.2, -0.15) is 0 Å². The number of hydrogen-bond donors (Lipinski definition) is 1. The molecule has 5 aromatic rings. The van der Waals surface area contributed by atoms with Crippen molar-refractivity contribution in [2.75, 3.05) is 26.6 Å². The molecule has 0 aliphatic heterocycles. The van der Waals surface area contributed by atoms with Crippen molar-refractivity contribution in [1.82, 2.24) is 4.57 Å². The van der Waals surface area contributed by atoms with Crippen LogP contribution in [0.25, 0.3) is 33.0 Å². The SMILES string of the molecule is CCn1c(=O)c2c(-c3cc(OC)c(OC)c(OC)c3)c(NCc3ccccc3)oc2c2ccccc21. The summed E-state index contributed by atoms with van der Waals surface area (Å²) >= 11 is 0. The Labute approximate surface area is 208 Å². The maximum Gasteiger partial charge on any atom is 0.262 e. The van der Waals surface area contributed by atoms with Gasteiger partial charge in [0.25, 0.3) is 5.56 Å². The Bertz CT molecular complexity index is 1580. The summed E-state index contributed by atoms with van der Waals surface area (Å²) in [6, 6.07) is 21.5. The largest absolute Gasteiger partial charge is 0.493 e. The first-order chi connectivity index (χ1) is 17.6. The number of fused-ring (bicyclic) bond motifs is 3. The highest BCUT2D eigenvalue weighted by atomic mass is 16.5. The number of para-hydroxylation sites is 1. The summed E-state index contributed by atoms with van der Waals surface area (Å²) in [6.45, 7) is 3.02. The highest BCUT2D eigenvalue weighted by molar-refractivity contribution is 6.11. The van der Waals surface area contributed by atoms with Gasteiger partial charge in [-0.25, -0.2) is 0 Å². The Morgan fingerprint density at radius 2 is 1.56 bits per heavy atom. The van der Waals surface area contributed by atoms with Crippen molar-refractivity contribution in [2.45, 2.75) is 20.0 Å². The Morgan fingerprint density at radius 3 is 2.19 bits per heavy atom. The fraction of sp³-hybridized carbons (Fsp3) is 0.207. The fourth-order valence-electron chi connectivity index (χ4n) is 4.69. The summed E-state index contributed by atoms with van der Waals surface area (Å²) in [5.41, 5.74) is 3.71. The first kappa shape index (κ1) is 23.4. The van der Waals surface area contributed by atoms with Crippen molar-refractivity contribution in [3.05, 3.63) is 82.6 Å². The van der Waals surface area contributed by atoms with Crippen LogP contribution in [0.15, 0.2) is 75.9 Å². The third kappa shape index (κ3) is 3.82. The van der Waals surface area contributed by atoms with Crippen molar-refractivity contribution in [3.8, 4) is 28.4 Å². The minimum absolute atomic E-state index is 0.119. The van der Waals surface area contributed by atoms with Gasteiger partial charge in [-0.3, -0.25) is 4.79 Å². The first-order valence-electron chi connectivity index (χ1n) is 11.8. The number of rotatable bonds is 8. The molecule has 0 spiro atoms. The van der Waals surface area contributed by atoms with Crippen LogP contribution in [0.1, 0.15) is 12.5 Å². The highest BCUT2D eigenvalue weighted by Crippen LogP contribution is 2.46. The third-order valence-electron chi connectivity index (χ3n) is 6.37. The Balaban J connectivity index is 1.84. The van der Waals surface area contributed by atoms with Crippen molar-refractivity contribution in [3.63, 3.8) is 0 Å². The molecule has 0 radical (unpaired) electrons. The van der Waals surface area contributed by atoms with Gasteiger partial charge in [-0.05, 0) is 42.3 Å². The molecule has 0 amide bonds. The third-order valence-corrected chi connectivity index (χ3v) is 6.37. The van der Waals surface area contributed by atoms with Gasteiger partial charge < -0.3 is 28.5 Å². The molecule has 7 nitrogen and oxygen atoms in total. The molecule has 184 valence electrons. The number of methoxy groups -OCH3 is 3. The lowest BCUT2D eigenvalue weighted by Gasteiger charge is -2.15. The average Bonchev–Trinajstić information content (AvgIpc) is 3.32. The lowest BCUT2D eigenvalue weighted by molar-refractivity contribution is 0.324. The van der Waals surface area contributed by atoms with Crippen LogP contribution >= 0.6 is 0 Å². The van der Waals surface area contributed by atoms with Crippen LogP contribution in [0.4, 0.5) is 5.88 Å². The van der Waals surface area contributed by atoms with Crippen LogP contribution < -0.4 is 25.1 Å². The highest BCUT2D eigenvalue weighted by Gasteiger charge is 2.25. The van der Waals surface area contributed by atoms with E-state index in [9.17, 15) is 4.79 Å². The number of hydrogen-bond acceptors (Lipinski definition) is 6. The normalized spacial score (nSPS) is 11.1. The smallest absolute Gasteiger partial charge is 0.262 e. The number of nitrogens with zero attached hydrogens (tertiary/aromatic N) is 1. The molecule has 36 heavy (non-hydrogen) atoms. The molecule has 5 rings (SSSR count). The molecule has 2 heterocycles. The zero-order valence-electron chi connectivity index (χ0n) is 20.8. The van der Waals surface area contributed by atoms with E-state index in [1.54, 1.807) is 25.9 Å². The molecule has 0 aliphatic rings. The van der Waals surface area contributed by atoms with E-state index < -0.39 is 0 Å². The molecule has 0 saturated heterocycles. The first-order valence-corrected chi connectivity index (χ1v) is 11.8. The van der Waals surface area contributed by atoms with E-state index in [0.29, 0.717) is 58.3 Å². The van der Waals surface area contributed by atoms with Crippen molar-refractivity contribution in [2.24, 2.45) is 0 Å². The number of furan rings is 1. The number of nitrogens with one attached hydrogen (secondary N) is 1. The minimum Gasteiger partial charge on any atom is -0.493 e. The maximum atomic E-state index is 13.9. The monoisotopic (exact) mass is 484 g/mol. The quantitative estimate of drug-likeness (QED) is 0.288. The number of anilines is 1. The zero-order chi connectivity index (χ0) is 25.2. The summed E-state index contributed by atoms with van der Waals surface area (Å²) < 4.78 is 24.9. The van der Waals surface area contributed by atoms with Crippen molar-refractivity contribution >= 4 is 27.8 Å². The number of pyridine rings is 1. The number of aromatic nitrogens is 1. The van der Waals surface area contributed by atoms with E-state index >= 15 is 0 Å². The molecule has 3 aromatic carbocycles. The number of ether oxygens (including phenoxy) is 3. The molecule has 0 atom stereocenters. The Morgan fingerprint density at radius 1 is 0.889 bits per heavy atom. The van der Waals surface area contributed by atoms with Crippen LogP contribution in [-0.4, -0.2) is 25.9 Å². The van der Waals surface area contributed by atoms with Gasteiger partial charge in [0.05, 0.1) is 37.8 Å². The number of aryl methyl sites for hydroxylation is 1. The van der Waals surface area contributed by atoms with Crippen molar-refractivity contribution < 1.29 is 18.6 Å². The fourth-order valence-corrected chi connectivity index (χ4v) is 4.69. The van der Waals surface area contributed by atoms with Crippen LogP contribution in [0.5, 0.6) is 17.2 Å². The molecule has 7 heteroatoms. The lowest BCUT2D eigenvalue weighted by atomic mass is 10.0. The molecular weight excluding hydrogens is 456 g/mol. The van der Waals surface area contributed by atoms with Crippen LogP contribution in [-0.2, 0) is 13.1 Å². The number of benzene rings is 3. The van der Waals surface area contributed by atoms with Gasteiger partial charge in [0.2, 0.25) is 11.6 Å². The van der Waals surface area contributed by atoms with Gasteiger partial charge in [0.1, 0.15) is 0 Å². The van der Waals surface area contributed by atoms with Gasteiger partial charge in [0.15, 0.2) is 17.1 Å². The van der Waals surface area contributed by atoms with E-state index in [4.69, 9.17) is 18.6 Å². The Kier molecular flexibility index (Phi) is 6.29. The predicted molar refractivity (Wildman–Crippen MR) is 143 cm³/mol. The zero-order valence-corrected chi connectivity index (χ0v) is 20.8. The van der Waals surface area contributed by atoms with E-state index in [1.165, 1.54) is 0 Å². The van der Waals surface area contributed by atoms with Crippen LogP contribution in [0.3, 0.4) is 0 Å². The van der Waals surface area contributed by atoms with E-state index in [1.807, 2.05) is 73.7 Å². The molecule has 0 bridgehead atoms. The van der Waals surface area contributed by atoms with Gasteiger partial charge in [0, 0.05) is 18.5 Å². The molecule has 0 aliphatic carbocycles. The van der Waals surface area contributed by atoms with E-state index in [2.05, 4.69) is 5.32 Å². The summed E-state index contributed by atoms with van der Waals surface area (Å²) in [6.07, 6.45) is 0. The average molecular weight is 485 g/mol. The standard InChI is InChI=1S/C29H28N2O5/c1-5-31-21-14-10-9-13-20(21)26-25(29(31)32)24(28(36-26)30-17-18-11-7-6-8-12-18)19-15-22(33-2)27(35-4)23(16-19)34-3/h6-16,30H,5,17H2,1-4H3. The van der Waals surface area contributed by atoms with E-state index in [0.717, 1.165) is 16.5 Å². The molecule has 2 aromatic heterocycles. The second-order valence-corrected chi connectivity index (χ2v) is 8.33. The summed E-state index contributed by atoms with van der Waals surface area (Å²) in [7, 11) is 4.70. The van der Waals surface area contributed by atoms with Gasteiger partial charge in [-0.15, -0.1) is 0 Å². The molecule has 0 unspecified atom stereocenters. The second-order valence-electron chi connectivity index (χ2n) is 8.33. The summed E-state index contributed by atoms with van der Waals surface area (Å²) in [5, 5.41) is 4.79. The lowest BCUT2D eigenvalue weighted by Crippen LogP contribution is -2.19. The van der Waals surface area contributed by atoms with Crippen LogP contribution in [0, 0.1) is 0 Å². The van der Waals surface area contributed by atoms with E-state index in [-0.39, 0.29) is 5.56 Å². The van der Waals surface area contributed by atoms with Crippen molar-refractivity contribution in [1.29, 1.82) is 0 Å².